The number of para-hydroxylation sites is 2. The largest absolute Gasteiger partial charge is 0.647 e. The minimum Gasteiger partial charge on any atom is -0.493 e. The highest BCUT2D eigenvalue weighted by molar-refractivity contribution is 7.49. The van der Waals surface area contributed by atoms with Gasteiger partial charge in [-0.3, -0.25) is 0 Å². The third-order valence-corrected chi connectivity index (χ3v) is 7.54. The average Bonchev–Trinajstić information content (AvgIpc) is 2.99. The lowest BCUT2D eigenvalue weighted by molar-refractivity contribution is 0.284. The topological polar surface area (TPSA) is 63.2 Å². The summed E-state index contributed by atoms with van der Waals surface area (Å²) in [7, 11) is -2.58. The van der Waals surface area contributed by atoms with Crippen molar-refractivity contribution in [2.75, 3.05) is 7.11 Å². The Morgan fingerprint density at radius 2 is 1.20 bits per heavy atom. The SMILES string of the molecule is COc1cc(Cc2cc(Cl)ccc2OP(=O)(Oc2ccccc2)Oc2ccccc2)ccc1OCc1ccccc1. The van der Waals surface area contributed by atoms with E-state index in [0.717, 1.165) is 11.1 Å². The van der Waals surface area contributed by atoms with Crippen LogP contribution in [0.1, 0.15) is 16.7 Å². The fraction of sp³-hybridized carbons (Fsp3) is 0.0909. The predicted molar refractivity (Wildman–Crippen MR) is 160 cm³/mol. The van der Waals surface area contributed by atoms with Crippen LogP contribution in [0.4, 0.5) is 0 Å². The monoisotopic (exact) mass is 586 g/mol. The summed E-state index contributed by atoms with van der Waals surface area (Å²) in [6.45, 7) is 0.418. The molecule has 0 atom stereocenters. The maximum Gasteiger partial charge on any atom is 0.647 e. The molecule has 208 valence electrons. The van der Waals surface area contributed by atoms with Crippen LogP contribution in [0.2, 0.25) is 5.02 Å². The van der Waals surface area contributed by atoms with E-state index in [4.69, 9.17) is 34.6 Å². The van der Waals surface area contributed by atoms with Gasteiger partial charge in [-0.2, -0.15) is 4.57 Å². The van der Waals surface area contributed by atoms with E-state index < -0.39 is 7.82 Å². The molecular weight excluding hydrogens is 559 g/mol. The van der Waals surface area contributed by atoms with Crippen LogP contribution in [0.25, 0.3) is 0 Å². The Hall–Kier alpha value is -4.38. The summed E-state index contributed by atoms with van der Waals surface area (Å²) in [6.07, 6.45) is 0.405. The van der Waals surface area contributed by atoms with Gasteiger partial charge < -0.3 is 23.0 Å². The fourth-order valence-corrected chi connectivity index (χ4v) is 5.55. The molecule has 5 aromatic carbocycles. The highest BCUT2D eigenvalue weighted by atomic mass is 35.5. The fourth-order valence-electron chi connectivity index (χ4n) is 4.07. The van der Waals surface area contributed by atoms with Gasteiger partial charge in [0.1, 0.15) is 23.9 Å². The maximum absolute atomic E-state index is 14.0. The summed E-state index contributed by atoms with van der Waals surface area (Å²) in [5, 5.41) is 0.505. The second-order valence-corrected chi connectivity index (χ2v) is 10.9. The van der Waals surface area contributed by atoms with Crippen molar-refractivity contribution in [3.05, 3.63) is 149 Å². The number of ether oxygens (including phenoxy) is 2. The molecule has 0 fully saturated rings. The third-order valence-electron chi connectivity index (χ3n) is 6.01. The molecule has 0 bridgehead atoms. The second kappa shape index (κ2) is 13.3. The normalized spacial score (nSPS) is 11.0. The van der Waals surface area contributed by atoms with E-state index in [9.17, 15) is 4.57 Å². The Kier molecular flexibility index (Phi) is 9.15. The highest BCUT2D eigenvalue weighted by Crippen LogP contribution is 2.50. The van der Waals surface area contributed by atoms with Gasteiger partial charge in [0, 0.05) is 17.0 Å². The standard InChI is InChI=1S/C33H28ClO6P/c1-36-33-22-26(17-19-32(33)37-24-25-11-5-2-6-12-25)21-27-23-28(34)18-20-31(27)40-41(35,38-29-13-7-3-8-14-29)39-30-15-9-4-10-16-30/h2-20,22-23H,21,24H2,1H3. The Balaban J connectivity index is 1.39. The van der Waals surface area contributed by atoms with Crippen LogP contribution in [0.5, 0.6) is 28.7 Å². The number of benzene rings is 5. The first-order valence-electron chi connectivity index (χ1n) is 12.9. The molecule has 0 unspecified atom stereocenters. The number of phosphoric acid groups is 1. The van der Waals surface area contributed by atoms with Gasteiger partial charge in [0.2, 0.25) is 0 Å². The van der Waals surface area contributed by atoms with E-state index in [1.165, 1.54) is 0 Å². The molecule has 5 aromatic rings. The average molecular weight is 587 g/mol. The molecule has 0 amide bonds. The Morgan fingerprint density at radius 1 is 0.610 bits per heavy atom. The molecular formula is C33H28ClO6P. The van der Waals surface area contributed by atoms with Crippen molar-refractivity contribution < 1.29 is 27.6 Å². The van der Waals surface area contributed by atoms with Crippen molar-refractivity contribution in [1.29, 1.82) is 0 Å². The smallest absolute Gasteiger partial charge is 0.493 e. The van der Waals surface area contributed by atoms with Crippen molar-refractivity contribution in [1.82, 2.24) is 0 Å². The van der Waals surface area contributed by atoms with Crippen molar-refractivity contribution >= 4 is 19.4 Å². The van der Waals surface area contributed by atoms with E-state index >= 15 is 0 Å². The number of rotatable bonds is 12. The lowest BCUT2D eigenvalue weighted by Crippen LogP contribution is -2.09. The van der Waals surface area contributed by atoms with Crippen molar-refractivity contribution in [2.45, 2.75) is 13.0 Å². The molecule has 0 radical (unpaired) electrons. The lowest BCUT2D eigenvalue weighted by Gasteiger charge is -2.21. The summed E-state index contributed by atoms with van der Waals surface area (Å²) >= 11 is 6.37. The molecule has 0 aliphatic carbocycles. The minimum absolute atomic E-state index is 0.313. The molecule has 0 N–H and O–H groups in total. The molecule has 6 nitrogen and oxygen atoms in total. The number of halogens is 1. The van der Waals surface area contributed by atoms with Gasteiger partial charge in [-0.15, -0.1) is 0 Å². The molecule has 0 aromatic heterocycles. The Bertz CT molecular complexity index is 1570. The third kappa shape index (κ3) is 7.85. The first kappa shape index (κ1) is 28.2. The zero-order valence-electron chi connectivity index (χ0n) is 22.3. The van der Waals surface area contributed by atoms with Gasteiger partial charge in [0.15, 0.2) is 11.5 Å². The van der Waals surface area contributed by atoms with Crippen LogP contribution in [-0.2, 0) is 17.6 Å². The van der Waals surface area contributed by atoms with E-state index in [1.807, 2.05) is 60.7 Å². The van der Waals surface area contributed by atoms with Gasteiger partial charge >= 0.3 is 7.82 Å². The summed E-state index contributed by atoms with van der Waals surface area (Å²) < 4.78 is 43.3. The van der Waals surface area contributed by atoms with Gasteiger partial charge in [0.05, 0.1) is 7.11 Å². The van der Waals surface area contributed by atoms with Crippen molar-refractivity contribution in [3.63, 3.8) is 0 Å². The number of hydrogen-bond acceptors (Lipinski definition) is 6. The van der Waals surface area contributed by atoms with E-state index in [2.05, 4.69) is 0 Å². The van der Waals surface area contributed by atoms with Crippen molar-refractivity contribution in [2.24, 2.45) is 0 Å². The first-order chi connectivity index (χ1) is 20.0. The summed E-state index contributed by atoms with van der Waals surface area (Å²) in [4.78, 5) is 0. The van der Waals surface area contributed by atoms with Gasteiger partial charge in [0.25, 0.3) is 0 Å². The summed E-state index contributed by atoms with van der Waals surface area (Å²) in [5.74, 6) is 2.22. The lowest BCUT2D eigenvalue weighted by atomic mass is 10.0. The molecule has 0 saturated heterocycles. The van der Waals surface area contributed by atoms with E-state index in [0.29, 0.717) is 52.4 Å². The zero-order chi connectivity index (χ0) is 28.5. The molecule has 41 heavy (non-hydrogen) atoms. The molecule has 0 aliphatic heterocycles. The molecule has 0 spiro atoms. The highest BCUT2D eigenvalue weighted by Gasteiger charge is 2.34. The quantitative estimate of drug-likeness (QED) is 0.136. The molecule has 0 heterocycles. The van der Waals surface area contributed by atoms with Crippen LogP contribution in [0.15, 0.2) is 127 Å². The summed E-state index contributed by atoms with van der Waals surface area (Å²) in [5.41, 5.74) is 2.65. The number of phosphoric ester groups is 1. The van der Waals surface area contributed by atoms with Crippen LogP contribution >= 0.6 is 19.4 Å². The van der Waals surface area contributed by atoms with Gasteiger partial charge in [-0.1, -0.05) is 84.4 Å². The Morgan fingerprint density at radius 3 is 1.80 bits per heavy atom. The zero-order valence-corrected chi connectivity index (χ0v) is 24.0. The van der Waals surface area contributed by atoms with Crippen molar-refractivity contribution in [3.8, 4) is 28.7 Å². The predicted octanol–water partition coefficient (Wildman–Crippen LogP) is 9.16. The minimum atomic E-state index is -4.18. The molecule has 5 rings (SSSR count). The maximum atomic E-state index is 14.0. The van der Waals surface area contributed by atoms with Crippen LogP contribution in [-0.4, -0.2) is 7.11 Å². The van der Waals surface area contributed by atoms with Gasteiger partial charge in [-0.25, -0.2) is 0 Å². The van der Waals surface area contributed by atoms with Crippen LogP contribution in [0.3, 0.4) is 0 Å². The first-order valence-corrected chi connectivity index (χ1v) is 14.7. The Labute approximate surface area is 244 Å². The summed E-state index contributed by atoms with van der Waals surface area (Å²) in [6, 6.07) is 38.2. The van der Waals surface area contributed by atoms with E-state index in [1.54, 1.807) is 73.8 Å². The molecule has 0 saturated carbocycles. The van der Waals surface area contributed by atoms with Crippen LogP contribution in [0, 0.1) is 0 Å². The van der Waals surface area contributed by atoms with E-state index in [-0.39, 0.29) is 0 Å². The second-order valence-electron chi connectivity index (χ2n) is 9.04. The number of methoxy groups -OCH3 is 1. The molecule has 8 heteroatoms. The number of hydrogen-bond donors (Lipinski definition) is 0. The molecule has 0 aliphatic rings. The van der Waals surface area contributed by atoms with Gasteiger partial charge in [-0.05, 0) is 65.7 Å². The van der Waals surface area contributed by atoms with Crippen LogP contribution < -0.4 is 23.0 Å².